The van der Waals surface area contributed by atoms with E-state index < -0.39 is 5.97 Å². The molecule has 3 rings (SSSR count). The first-order valence-corrected chi connectivity index (χ1v) is 10.6. The molecule has 0 aromatic carbocycles. The molecular formula is C20H33N3O4. The molecule has 0 amide bonds. The summed E-state index contributed by atoms with van der Waals surface area (Å²) in [6.45, 7) is 2.13. The van der Waals surface area contributed by atoms with Crippen LogP contribution in [0.3, 0.4) is 0 Å². The van der Waals surface area contributed by atoms with E-state index in [0.29, 0.717) is 24.3 Å². The van der Waals surface area contributed by atoms with Gasteiger partial charge in [-0.1, -0.05) is 50.1 Å². The van der Waals surface area contributed by atoms with Crippen LogP contribution in [0, 0.1) is 5.92 Å². The fourth-order valence-electron chi connectivity index (χ4n) is 4.29. The van der Waals surface area contributed by atoms with Crippen LogP contribution in [0.4, 0.5) is 0 Å². The number of nitrogens with one attached hydrogen (secondary N) is 1. The summed E-state index contributed by atoms with van der Waals surface area (Å²) >= 11 is 0. The maximum atomic E-state index is 11.3. The summed E-state index contributed by atoms with van der Waals surface area (Å²) < 4.78 is 10.8. The van der Waals surface area contributed by atoms with Gasteiger partial charge in [0.1, 0.15) is 0 Å². The minimum atomic E-state index is -0.808. The number of rotatable bonds is 10. The first-order valence-electron chi connectivity index (χ1n) is 10.6. The van der Waals surface area contributed by atoms with Crippen molar-refractivity contribution in [2.45, 2.75) is 89.1 Å². The largest absolute Gasteiger partial charge is 0.481 e. The minimum Gasteiger partial charge on any atom is -0.481 e. The van der Waals surface area contributed by atoms with Crippen LogP contribution < -0.4 is 5.32 Å². The third-order valence-electron chi connectivity index (χ3n) is 5.91. The minimum absolute atomic E-state index is 0.0553. The monoisotopic (exact) mass is 379 g/mol. The van der Waals surface area contributed by atoms with Crippen molar-refractivity contribution in [1.82, 2.24) is 15.5 Å². The molecule has 1 aliphatic carbocycles. The number of hydrogen-bond acceptors (Lipinski definition) is 6. The lowest BCUT2D eigenvalue weighted by Crippen LogP contribution is -2.34. The predicted molar refractivity (Wildman–Crippen MR) is 100 cm³/mol. The van der Waals surface area contributed by atoms with Gasteiger partial charge in [0.05, 0.1) is 13.0 Å². The van der Waals surface area contributed by atoms with Crippen molar-refractivity contribution in [2.24, 2.45) is 5.92 Å². The highest BCUT2D eigenvalue weighted by Crippen LogP contribution is 2.31. The van der Waals surface area contributed by atoms with Gasteiger partial charge in [0.2, 0.25) is 5.89 Å². The highest BCUT2D eigenvalue weighted by Gasteiger charge is 2.23. The summed E-state index contributed by atoms with van der Waals surface area (Å²) in [5.74, 6) is 0.906. The molecule has 7 nitrogen and oxygen atoms in total. The first-order chi connectivity index (χ1) is 13.2. The number of nitrogens with zero attached hydrogens (tertiary/aromatic N) is 2. The Kier molecular flexibility index (Phi) is 8.08. The molecule has 2 aliphatic rings. The van der Waals surface area contributed by atoms with Crippen molar-refractivity contribution in [3.05, 3.63) is 11.7 Å². The number of carboxylic acid groups (broad SMARTS) is 1. The number of aromatic nitrogens is 2. The molecule has 0 spiro atoms. The number of carbonyl (C=O) groups is 1. The van der Waals surface area contributed by atoms with E-state index in [4.69, 9.17) is 9.26 Å². The van der Waals surface area contributed by atoms with Gasteiger partial charge < -0.3 is 19.7 Å². The number of aliphatic carboxylic acids is 1. The highest BCUT2D eigenvalue weighted by molar-refractivity contribution is 5.67. The Balaban J connectivity index is 1.47. The van der Waals surface area contributed by atoms with Gasteiger partial charge >= 0.3 is 5.97 Å². The Morgan fingerprint density at radius 1 is 1.19 bits per heavy atom. The molecule has 0 bridgehead atoms. The Morgan fingerprint density at radius 2 is 1.96 bits per heavy atom. The molecule has 1 atom stereocenters. The highest BCUT2D eigenvalue weighted by atomic mass is 16.5. The molecular weight excluding hydrogens is 346 g/mol. The third-order valence-corrected chi connectivity index (χ3v) is 5.91. The van der Waals surface area contributed by atoms with Crippen molar-refractivity contribution in [2.75, 3.05) is 13.2 Å². The Labute approximate surface area is 161 Å². The summed E-state index contributed by atoms with van der Waals surface area (Å²) in [7, 11) is 0. The van der Waals surface area contributed by atoms with Gasteiger partial charge in [0, 0.05) is 25.2 Å². The van der Waals surface area contributed by atoms with Crippen LogP contribution in [0.2, 0.25) is 0 Å². The van der Waals surface area contributed by atoms with E-state index in [2.05, 4.69) is 15.5 Å². The van der Waals surface area contributed by atoms with Crippen LogP contribution in [0.15, 0.2) is 4.52 Å². The molecule has 1 aromatic rings. The molecule has 152 valence electrons. The van der Waals surface area contributed by atoms with Crippen LogP contribution >= 0.6 is 0 Å². The smallest absolute Gasteiger partial charge is 0.304 e. The molecule has 7 heteroatoms. The average Bonchev–Trinajstić information content (AvgIpc) is 3.16. The second kappa shape index (κ2) is 10.8. The van der Waals surface area contributed by atoms with Crippen molar-refractivity contribution < 1.29 is 19.2 Å². The van der Waals surface area contributed by atoms with E-state index in [-0.39, 0.29) is 12.3 Å². The van der Waals surface area contributed by atoms with E-state index in [0.717, 1.165) is 44.8 Å². The Morgan fingerprint density at radius 3 is 2.70 bits per heavy atom. The van der Waals surface area contributed by atoms with Crippen LogP contribution in [-0.2, 0) is 16.1 Å². The first kappa shape index (κ1) is 20.3. The second-order valence-corrected chi connectivity index (χ2v) is 8.05. The summed E-state index contributed by atoms with van der Waals surface area (Å²) in [5, 5.41) is 16.7. The lowest BCUT2D eigenvalue weighted by molar-refractivity contribution is -0.137. The standard InChI is InChI=1S/C20H33N3O4/c24-19(25)13-16(8-4-7-15-5-2-1-3-6-15)20-22-18(23-27-20)14-21-17-9-11-26-12-10-17/h15-17,21H,1-14H2,(H,24,25)/t16-/m1/s1. The fraction of sp³-hybridized carbons (Fsp3) is 0.850. The van der Waals surface area contributed by atoms with E-state index in [1.807, 2.05) is 0 Å². The van der Waals surface area contributed by atoms with E-state index >= 15 is 0 Å². The molecule has 2 heterocycles. The van der Waals surface area contributed by atoms with Gasteiger partial charge in [-0.25, -0.2) is 0 Å². The third kappa shape index (κ3) is 6.88. The fourth-order valence-corrected chi connectivity index (χ4v) is 4.29. The van der Waals surface area contributed by atoms with Crippen LogP contribution in [0.25, 0.3) is 0 Å². The number of ether oxygens (including phenoxy) is 1. The molecule has 1 saturated heterocycles. The van der Waals surface area contributed by atoms with Gasteiger partial charge in [-0.2, -0.15) is 4.98 Å². The SMILES string of the molecule is O=C(O)C[C@@H](CCCC1CCCCC1)c1nc(CNC2CCOCC2)no1. The summed E-state index contributed by atoms with van der Waals surface area (Å²) in [4.78, 5) is 15.8. The average molecular weight is 380 g/mol. The van der Waals surface area contributed by atoms with Gasteiger partial charge in [0.25, 0.3) is 0 Å². The molecule has 1 aromatic heterocycles. The summed E-state index contributed by atoms with van der Waals surface area (Å²) in [5.41, 5.74) is 0. The van der Waals surface area contributed by atoms with Gasteiger partial charge in [-0.15, -0.1) is 0 Å². The van der Waals surface area contributed by atoms with Crippen molar-refractivity contribution in [3.8, 4) is 0 Å². The molecule has 1 aliphatic heterocycles. The zero-order valence-electron chi connectivity index (χ0n) is 16.2. The normalized spacial score (nSPS) is 20.6. The van der Waals surface area contributed by atoms with E-state index in [1.54, 1.807) is 0 Å². The van der Waals surface area contributed by atoms with Crippen molar-refractivity contribution in [1.29, 1.82) is 0 Å². The molecule has 27 heavy (non-hydrogen) atoms. The molecule has 2 fully saturated rings. The summed E-state index contributed by atoms with van der Waals surface area (Å²) in [6, 6.07) is 0.422. The molecule has 1 saturated carbocycles. The summed E-state index contributed by atoms with van der Waals surface area (Å²) in [6.07, 6.45) is 11.8. The maximum Gasteiger partial charge on any atom is 0.304 e. The molecule has 0 unspecified atom stereocenters. The topological polar surface area (TPSA) is 97.5 Å². The van der Waals surface area contributed by atoms with Crippen molar-refractivity contribution in [3.63, 3.8) is 0 Å². The Bertz CT molecular complexity index is 565. The van der Waals surface area contributed by atoms with Gasteiger partial charge in [-0.05, 0) is 25.2 Å². The van der Waals surface area contributed by atoms with Gasteiger partial charge in [-0.3, -0.25) is 4.79 Å². The molecule has 2 N–H and O–H groups in total. The van der Waals surface area contributed by atoms with E-state index in [9.17, 15) is 9.90 Å². The van der Waals surface area contributed by atoms with Crippen LogP contribution in [-0.4, -0.2) is 40.5 Å². The van der Waals surface area contributed by atoms with Crippen LogP contribution in [0.5, 0.6) is 0 Å². The van der Waals surface area contributed by atoms with Crippen molar-refractivity contribution >= 4 is 5.97 Å². The van der Waals surface area contributed by atoms with E-state index in [1.165, 1.54) is 38.5 Å². The lowest BCUT2D eigenvalue weighted by atomic mass is 9.84. The predicted octanol–water partition coefficient (Wildman–Crippen LogP) is 3.65. The zero-order valence-corrected chi connectivity index (χ0v) is 16.2. The molecule has 0 radical (unpaired) electrons. The van der Waals surface area contributed by atoms with Gasteiger partial charge in [0.15, 0.2) is 5.82 Å². The van der Waals surface area contributed by atoms with Crippen LogP contribution in [0.1, 0.15) is 88.3 Å². The maximum absolute atomic E-state index is 11.3. The zero-order chi connectivity index (χ0) is 18.9. The second-order valence-electron chi connectivity index (χ2n) is 8.05. The Hall–Kier alpha value is -1.47. The quantitative estimate of drug-likeness (QED) is 0.640. The lowest BCUT2D eigenvalue weighted by Gasteiger charge is -2.22. The number of carboxylic acids is 1. The number of hydrogen-bond donors (Lipinski definition) is 2.